The van der Waals surface area contributed by atoms with Gasteiger partial charge in [-0.1, -0.05) is 49.4 Å². The Labute approximate surface area is 187 Å². The average molecular weight is 421 g/mol. The predicted molar refractivity (Wildman–Crippen MR) is 126 cm³/mol. The Bertz CT molecular complexity index is 1480. The Hall–Kier alpha value is -3.91. The third kappa shape index (κ3) is 3.34. The van der Waals surface area contributed by atoms with Crippen LogP contribution < -0.4 is 0 Å². The van der Waals surface area contributed by atoms with E-state index < -0.39 is 0 Å². The highest BCUT2D eigenvalue weighted by atomic mass is 16.3. The van der Waals surface area contributed by atoms with Crippen molar-refractivity contribution in [2.45, 2.75) is 40.2 Å². The normalized spacial score (nSPS) is 11.3. The number of benzene rings is 2. The first-order valence-corrected chi connectivity index (χ1v) is 10.9. The van der Waals surface area contributed by atoms with Crippen LogP contribution in [0.5, 0.6) is 0 Å². The van der Waals surface area contributed by atoms with Crippen LogP contribution in [0.1, 0.15) is 35.3 Å². The molecule has 0 N–H and O–H groups in total. The molecule has 0 spiro atoms. The maximum absolute atomic E-state index is 9.25. The minimum Gasteiger partial charge on any atom is -0.459 e. The van der Waals surface area contributed by atoms with Crippen LogP contribution >= 0.6 is 0 Å². The largest absolute Gasteiger partial charge is 0.459 e. The highest BCUT2D eigenvalue weighted by Gasteiger charge is 2.17. The monoisotopic (exact) mass is 420 g/mol. The molecule has 0 amide bonds. The number of pyridine rings is 1. The molecular weight excluding hydrogens is 396 g/mol. The molecule has 5 nitrogen and oxygen atoms in total. The fraction of sp³-hybridized carbons (Fsp3) is 0.222. The van der Waals surface area contributed by atoms with E-state index >= 15 is 0 Å². The zero-order valence-corrected chi connectivity index (χ0v) is 18.5. The van der Waals surface area contributed by atoms with Gasteiger partial charge in [-0.15, -0.1) is 0 Å². The van der Waals surface area contributed by atoms with Crippen molar-refractivity contribution in [1.29, 1.82) is 5.26 Å². The molecule has 0 unspecified atom stereocenters. The molecule has 158 valence electrons. The summed E-state index contributed by atoms with van der Waals surface area (Å²) in [6, 6.07) is 20.8. The summed E-state index contributed by atoms with van der Waals surface area (Å²) in [5.41, 5.74) is 8.14. The van der Waals surface area contributed by atoms with Gasteiger partial charge in [0.2, 0.25) is 0 Å². The highest BCUT2D eigenvalue weighted by molar-refractivity contribution is 5.95. The van der Waals surface area contributed by atoms with Crippen LogP contribution in [0.4, 0.5) is 0 Å². The zero-order valence-electron chi connectivity index (χ0n) is 18.5. The van der Waals surface area contributed by atoms with E-state index in [1.54, 1.807) is 0 Å². The van der Waals surface area contributed by atoms with Crippen molar-refractivity contribution in [2.75, 3.05) is 0 Å². The van der Waals surface area contributed by atoms with Gasteiger partial charge in [0.05, 0.1) is 19.0 Å². The smallest absolute Gasteiger partial charge is 0.160 e. The van der Waals surface area contributed by atoms with Gasteiger partial charge in [-0.05, 0) is 42.7 Å². The molecule has 32 heavy (non-hydrogen) atoms. The lowest BCUT2D eigenvalue weighted by Gasteiger charge is -2.10. The summed E-state index contributed by atoms with van der Waals surface area (Å²) in [5.74, 6) is 1.76. The second-order valence-electron chi connectivity index (χ2n) is 8.15. The van der Waals surface area contributed by atoms with E-state index in [2.05, 4.69) is 54.8 Å². The van der Waals surface area contributed by atoms with Crippen LogP contribution in [0.25, 0.3) is 33.3 Å². The second kappa shape index (κ2) is 7.97. The van der Waals surface area contributed by atoms with E-state index in [-0.39, 0.29) is 6.42 Å². The van der Waals surface area contributed by atoms with Gasteiger partial charge in [-0.2, -0.15) is 5.26 Å². The van der Waals surface area contributed by atoms with Crippen molar-refractivity contribution in [2.24, 2.45) is 0 Å². The number of hydrogen-bond donors (Lipinski definition) is 0. The third-order valence-electron chi connectivity index (χ3n) is 5.91. The van der Waals surface area contributed by atoms with Crippen LogP contribution in [0.15, 0.2) is 59.0 Å². The van der Waals surface area contributed by atoms with Crippen molar-refractivity contribution < 1.29 is 4.42 Å². The summed E-state index contributed by atoms with van der Waals surface area (Å²) < 4.78 is 8.19. The van der Waals surface area contributed by atoms with Gasteiger partial charge >= 0.3 is 0 Å². The quantitative estimate of drug-likeness (QED) is 0.343. The molecule has 0 fully saturated rings. The van der Waals surface area contributed by atoms with Gasteiger partial charge in [0, 0.05) is 23.1 Å². The highest BCUT2D eigenvalue weighted by Crippen LogP contribution is 2.35. The van der Waals surface area contributed by atoms with Crippen LogP contribution in [-0.2, 0) is 19.4 Å². The van der Waals surface area contributed by atoms with Crippen molar-refractivity contribution in [1.82, 2.24) is 14.5 Å². The number of aryl methyl sites for hydroxylation is 3. The molecule has 0 bridgehead atoms. The van der Waals surface area contributed by atoms with E-state index in [4.69, 9.17) is 14.4 Å². The topological polar surface area (TPSA) is 67.6 Å². The second-order valence-corrected chi connectivity index (χ2v) is 8.15. The number of aromatic nitrogens is 3. The van der Waals surface area contributed by atoms with Crippen molar-refractivity contribution >= 4 is 22.1 Å². The lowest BCUT2D eigenvalue weighted by molar-refractivity contribution is 0.568. The number of furan rings is 1. The zero-order chi connectivity index (χ0) is 22.2. The number of para-hydroxylation sites is 1. The molecule has 2 aromatic carbocycles. The number of rotatable bonds is 5. The number of nitrogens with zero attached hydrogens (tertiary/aromatic N) is 4. The van der Waals surface area contributed by atoms with Gasteiger partial charge in [0.25, 0.3) is 0 Å². The molecular formula is C27H24N4O. The van der Waals surface area contributed by atoms with Crippen molar-refractivity contribution in [3.8, 4) is 17.2 Å². The molecule has 0 saturated carbocycles. The molecule has 3 heterocycles. The van der Waals surface area contributed by atoms with Crippen LogP contribution in [0.3, 0.4) is 0 Å². The van der Waals surface area contributed by atoms with E-state index in [0.29, 0.717) is 12.3 Å². The van der Waals surface area contributed by atoms with Gasteiger partial charge in [0.15, 0.2) is 5.65 Å². The van der Waals surface area contributed by atoms with Crippen molar-refractivity contribution in [3.05, 3.63) is 83.0 Å². The van der Waals surface area contributed by atoms with Gasteiger partial charge in [-0.25, -0.2) is 9.97 Å². The third-order valence-corrected chi connectivity index (χ3v) is 5.91. The molecule has 5 aromatic rings. The summed E-state index contributed by atoms with van der Waals surface area (Å²) >= 11 is 0. The summed E-state index contributed by atoms with van der Waals surface area (Å²) in [7, 11) is 0. The summed E-state index contributed by atoms with van der Waals surface area (Å²) in [6.07, 6.45) is 1.10. The maximum atomic E-state index is 9.25. The van der Waals surface area contributed by atoms with Crippen LogP contribution in [0, 0.1) is 25.2 Å². The van der Waals surface area contributed by atoms with E-state index in [1.165, 1.54) is 5.56 Å². The molecule has 5 heteroatoms. The first-order valence-electron chi connectivity index (χ1n) is 10.9. The Morgan fingerprint density at radius 3 is 2.56 bits per heavy atom. The molecule has 0 aliphatic rings. The lowest BCUT2D eigenvalue weighted by Crippen LogP contribution is -2.05. The average Bonchev–Trinajstić information content (AvgIpc) is 3.33. The van der Waals surface area contributed by atoms with Gasteiger partial charge in [0.1, 0.15) is 22.7 Å². The van der Waals surface area contributed by atoms with E-state index in [1.807, 2.05) is 31.2 Å². The first kappa shape index (κ1) is 20.0. The molecule has 0 aliphatic heterocycles. The Balaban J connectivity index is 1.54. The van der Waals surface area contributed by atoms with E-state index in [9.17, 15) is 5.26 Å². The molecule has 0 aliphatic carbocycles. The summed E-state index contributed by atoms with van der Waals surface area (Å²) in [6.45, 7) is 6.96. The fourth-order valence-corrected chi connectivity index (χ4v) is 4.45. The number of fused-ring (bicyclic) bond motifs is 2. The standard InChI is InChI=1S/C27H24N4O/c1-4-24-30-26-17(2)15-18(3)29-27(26)31(24)16-19-9-11-20(12-10-19)25-21-7-5-6-8-22(21)32-23(25)13-14-28/h5-12,15H,4,13,16H2,1-3H3. The summed E-state index contributed by atoms with van der Waals surface area (Å²) in [4.78, 5) is 9.63. The molecule has 5 rings (SSSR count). The fourth-order valence-electron chi connectivity index (χ4n) is 4.45. The minimum atomic E-state index is 0.247. The van der Waals surface area contributed by atoms with Gasteiger partial charge < -0.3 is 8.98 Å². The lowest BCUT2D eigenvalue weighted by atomic mass is 9.99. The molecule has 0 saturated heterocycles. The Kier molecular flexibility index (Phi) is 4.99. The van der Waals surface area contributed by atoms with Crippen LogP contribution in [0.2, 0.25) is 0 Å². The first-order chi connectivity index (χ1) is 15.6. The number of nitriles is 1. The van der Waals surface area contributed by atoms with Crippen LogP contribution in [-0.4, -0.2) is 14.5 Å². The Morgan fingerprint density at radius 2 is 1.81 bits per heavy atom. The maximum Gasteiger partial charge on any atom is 0.160 e. The molecule has 3 aromatic heterocycles. The summed E-state index contributed by atoms with van der Waals surface area (Å²) in [5, 5.41) is 10.3. The molecule has 0 atom stereocenters. The molecule has 0 radical (unpaired) electrons. The minimum absolute atomic E-state index is 0.247. The Morgan fingerprint density at radius 1 is 1.03 bits per heavy atom. The van der Waals surface area contributed by atoms with Gasteiger partial charge in [-0.3, -0.25) is 0 Å². The van der Waals surface area contributed by atoms with E-state index in [0.717, 1.165) is 56.8 Å². The number of imidazole rings is 1. The SMILES string of the molecule is CCc1nc2c(C)cc(C)nc2n1Cc1ccc(-c2c(CC#N)oc3ccccc23)cc1. The number of hydrogen-bond acceptors (Lipinski definition) is 4. The van der Waals surface area contributed by atoms with Crippen molar-refractivity contribution in [3.63, 3.8) is 0 Å². The predicted octanol–water partition coefficient (Wildman–Crippen LogP) is 6.14.